The number of rotatable bonds is 0. The van der Waals surface area contributed by atoms with E-state index in [1.165, 1.54) is 0 Å². The minimum atomic E-state index is -0.295. The van der Waals surface area contributed by atoms with Crippen molar-refractivity contribution in [3.8, 4) is 0 Å². The third-order valence-corrected chi connectivity index (χ3v) is 5.56. The van der Waals surface area contributed by atoms with Crippen LogP contribution in [0.2, 0.25) is 0 Å². The van der Waals surface area contributed by atoms with Crippen LogP contribution < -0.4 is 6.61 Å². The van der Waals surface area contributed by atoms with Crippen LogP contribution in [0.4, 0.5) is 0 Å². The second-order valence-electron chi connectivity index (χ2n) is 1.77. The molecule has 0 aromatic heterocycles. The van der Waals surface area contributed by atoms with Gasteiger partial charge in [-0.3, -0.25) is 0 Å². The fourth-order valence-corrected chi connectivity index (χ4v) is 3.73. The molecule has 0 saturated heterocycles. The van der Waals surface area contributed by atoms with Gasteiger partial charge in [0.15, 0.2) is 0 Å². The van der Waals surface area contributed by atoms with Gasteiger partial charge in [-0.1, -0.05) is 0 Å². The fourth-order valence-electron chi connectivity index (χ4n) is 0.556. The molecule has 0 aromatic rings. The van der Waals surface area contributed by atoms with Gasteiger partial charge in [0.1, 0.15) is 0 Å². The van der Waals surface area contributed by atoms with E-state index in [4.69, 9.17) is 0 Å². The maximum atomic E-state index is 3.18. The summed E-state index contributed by atoms with van der Waals surface area (Å²) in [7, 11) is 0. The Balaban J connectivity index is 0.0000001000. The monoisotopic (exact) mass is 338 g/mol. The molecule has 4 heteroatoms. The van der Waals surface area contributed by atoms with Gasteiger partial charge in [0.05, 0.1) is 0 Å². The van der Waals surface area contributed by atoms with Gasteiger partial charge in [-0.25, -0.2) is 0 Å². The molecule has 0 bridgehead atoms. The Morgan fingerprint density at radius 3 is 1.40 bits per heavy atom. The van der Waals surface area contributed by atoms with Crippen LogP contribution in [0.3, 0.4) is 0 Å². The first-order valence-corrected chi connectivity index (χ1v) is 10.3. The van der Waals surface area contributed by atoms with E-state index in [0.29, 0.717) is 0 Å². The van der Waals surface area contributed by atoms with Crippen LogP contribution in [0.15, 0.2) is 24.6 Å². The normalized spacial score (nSPS) is 14.4. The summed E-state index contributed by atoms with van der Waals surface area (Å²) in [6, 6.07) is 0. The Bertz CT molecular complexity index is 152. The zero-order valence-electron chi connectivity index (χ0n) is 5.62. The SMILES string of the molecule is C1=C[NH][In]=[CH]1.C1=C[NH][In]=[CH]1. The molecule has 0 amide bonds. The van der Waals surface area contributed by atoms with Crippen molar-refractivity contribution in [2.45, 2.75) is 0 Å². The maximum absolute atomic E-state index is 3.18. The van der Waals surface area contributed by atoms with Gasteiger partial charge < -0.3 is 0 Å². The average molecular weight is 338 g/mol. The summed E-state index contributed by atoms with van der Waals surface area (Å²) < 4.78 is 10.9. The predicted molar refractivity (Wildman–Crippen MR) is 48.2 cm³/mol. The summed E-state index contributed by atoms with van der Waals surface area (Å²) in [4.78, 5) is 0. The molecule has 48 valence electrons. The summed E-state index contributed by atoms with van der Waals surface area (Å²) in [6.07, 6.45) is 8.20. The third-order valence-electron chi connectivity index (χ3n) is 0.992. The molecule has 0 spiro atoms. The van der Waals surface area contributed by atoms with Crippen LogP contribution in [0.1, 0.15) is 0 Å². The Hall–Kier alpha value is 0.560. The number of hydrogen-bond acceptors (Lipinski definition) is 2. The number of nitrogens with one attached hydrogen (secondary N) is 2. The van der Waals surface area contributed by atoms with Crippen molar-refractivity contribution in [1.82, 2.24) is 6.61 Å². The third kappa shape index (κ3) is 4.39. The van der Waals surface area contributed by atoms with Crippen molar-refractivity contribution in [2.75, 3.05) is 0 Å². The van der Waals surface area contributed by atoms with Crippen LogP contribution >= 0.6 is 0 Å². The summed E-state index contributed by atoms with van der Waals surface area (Å²) in [5.74, 6) is 0. The number of hydrogen-bond donors (Lipinski definition) is 2. The minimum absolute atomic E-state index is 0.295. The molecule has 0 aromatic carbocycles. The van der Waals surface area contributed by atoms with Crippen LogP contribution in [0.5, 0.6) is 0 Å². The molecule has 2 heterocycles. The molecule has 0 atom stereocenters. The van der Waals surface area contributed by atoms with Gasteiger partial charge in [-0.2, -0.15) is 0 Å². The van der Waals surface area contributed by atoms with Gasteiger partial charge >= 0.3 is 84.1 Å². The number of allylic oxidation sites excluding steroid dienone is 2. The Kier molecular flexibility index (Phi) is 5.44. The molecule has 0 saturated carbocycles. The molecule has 2 aliphatic heterocycles. The molecule has 0 fully saturated rings. The Morgan fingerprint density at radius 1 is 0.800 bits per heavy atom. The second-order valence-corrected chi connectivity index (χ2v) is 7.77. The van der Waals surface area contributed by atoms with E-state index in [2.05, 4.69) is 26.3 Å². The van der Waals surface area contributed by atoms with Gasteiger partial charge in [0.25, 0.3) is 0 Å². The molecular weight excluding hydrogens is 330 g/mol. The zero-order valence-corrected chi connectivity index (χ0v) is 12.2. The summed E-state index contributed by atoms with van der Waals surface area (Å²) in [6.45, 7) is 0. The molecule has 2 N–H and O–H groups in total. The molecule has 0 radical (unpaired) electrons. The second kappa shape index (κ2) is 6.28. The standard InChI is InChI=1S/2C3H4N.2In/c2*1-2-3-4;;/h2*1-4H;;/q2*-1;2*+1. The van der Waals surface area contributed by atoms with Gasteiger partial charge in [-0.15, -0.1) is 0 Å². The van der Waals surface area contributed by atoms with E-state index in [9.17, 15) is 0 Å². The first-order chi connectivity index (χ1) is 5.00. The fraction of sp³-hybridized carbons (Fsp3) is 0. The van der Waals surface area contributed by atoms with E-state index >= 15 is 0 Å². The molecule has 2 aliphatic rings. The average Bonchev–Trinajstić information content (AvgIpc) is 2.67. The molecule has 0 unspecified atom stereocenters. The Labute approximate surface area is 83.2 Å². The molecule has 2 nitrogen and oxygen atoms in total. The van der Waals surface area contributed by atoms with Crippen molar-refractivity contribution in [2.24, 2.45) is 0 Å². The van der Waals surface area contributed by atoms with E-state index < -0.39 is 0 Å². The summed E-state index contributed by atoms with van der Waals surface area (Å²) >= 11 is -0.590. The predicted octanol–water partition coefficient (Wildman–Crippen LogP) is -0.951. The van der Waals surface area contributed by atoms with Crippen LogP contribution in [-0.2, 0) is 0 Å². The molecule has 10 heavy (non-hydrogen) atoms. The van der Waals surface area contributed by atoms with Crippen molar-refractivity contribution < 1.29 is 0 Å². The van der Waals surface area contributed by atoms with Crippen LogP contribution in [-0.4, -0.2) is 52.9 Å². The Morgan fingerprint density at radius 2 is 1.30 bits per heavy atom. The zero-order chi connectivity index (χ0) is 7.07. The first kappa shape index (κ1) is 8.65. The van der Waals surface area contributed by atoms with Crippen molar-refractivity contribution in [1.29, 1.82) is 0 Å². The van der Waals surface area contributed by atoms with Crippen molar-refractivity contribution in [3.63, 3.8) is 0 Å². The van der Waals surface area contributed by atoms with Gasteiger partial charge in [0, 0.05) is 0 Å². The topological polar surface area (TPSA) is 24.1 Å². The van der Waals surface area contributed by atoms with Crippen LogP contribution in [0, 0.1) is 0 Å². The van der Waals surface area contributed by atoms with E-state index in [-0.39, 0.29) is 45.4 Å². The quantitative estimate of drug-likeness (QED) is 0.596. The van der Waals surface area contributed by atoms with Crippen LogP contribution in [0.25, 0.3) is 0 Å². The molecular formula is C6H8In2N2. The van der Waals surface area contributed by atoms with Crippen molar-refractivity contribution in [3.05, 3.63) is 24.6 Å². The van der Waals surface area contributed by atoms with Crippen molar-refractivity contribution >= 4 is 52.9 Å². The summed E-state index contributed by atoms with van der Waals surface area (Å²) in [5.41, 5.74) is 0. The summed E-state index contributed by atoms with van der Waals surface area (Å²) in [5, 5.41) is 0. The van der Waals surface area contributed by atoms with E-state index in [0.717, 1.165) is 0 Å². The molecule has 0 aliphatic carbocycles. The van der Waals surface area contributed by atoms with E-state index in [1.807, 2.05) is 12.4 Å². The van der Waals surface area contributed by atoms with Gasteiger partial charge in [-0.05, 0) is 0 Å². The molecule has 2 rings (SSSR count). The van der Waals surface area contributed by atoms with E-state index in [1.54, 1.807) is 0 Å². The first-order valence-electron chi connectivity index (χ1n) is 3.15. The van der Waals surface area contributed by atoms with Gasteiger partial charge in [0.2, 0.25) is 0 Å².